The van der Waals surface area contributed by atoms with Crippen LogP contribution in [0.5, 0.6) is 0 Å². The van der Waals surface area contributed by atoms with E-state index in [1.807, 2.05) is 18.2 Å². The maximum absolute atomic E-state index is 11.4. The number of hydrogen-bond donors (Lipinski definition) is 1. The molecule has 0 atom stereocenters. The van der Waals surface area contributed by atoms with Crippen molar-refractivity contribution in [1.82, 2.24) is 0 Å². The molecule has 0 unspecified atom stereocenters. The summed E-state index contributed by atoms with van der Waals surface area (Å²) in [5.74, 6) is 0. The van der Waals surface area contributed by atoms with Crippen molar-refractivity contribution >= 4 is 33.2 Å². The molecule has 2 aromatic carbocycles. The van der Waals surface area contributed by atoms with E-state index in [1.165, 1.54) is 0 Å². The molecule has 0 aromatic heterocycles. The van der Waals surface area contributed by atoms with Gasteiger partial charge in [0.15, 0.2) is 0 Å². The molecule has 0 spiro atoms. The van der Waals surface area contributed by atoms with Crippen LogP contribution in [0.1, 0.15) is 5.56 Å². The van der Waals surface area contributed by atoms with Gasteiger partial charge in [-0.25, -0.2) is 13.6 Å². The molecule has 0 aliphatic rings. The lowest BCUT2D eigenvalue weighted by molar-refractivity contribution is 0.598. The molecule has 0 fully saturated rings. The molecule has 5 heteroatoms. The highest BCUT2D eigenvalue weighted by Gasteiger charge is 2.14. The molecule has 0 bridgehead atoms. The number of nitrogens with two attached hydrogens (primary N) is 1. The lowest BCUT2D eigenvalue weighted by Gasteiger charge is -2.07. The van der Waals surface area contributed by atoms with Crippen LogP contribution in [0.25, 0.3) is 10.8 Å². The van der Waals surface area contributed by atoms with Gasteiger partial charge in [-0.05, 0) is 17.9 Å². The highest BCUT2D eigenvalue weighted by atomic mass is 35.5. The molecule has 0 aliphatic heterocycles. The summed E-state index contributed by atoms with van der Waals surface area (Å²) < 4.78 is 22.9. The van der Waals surface area contributed by atoms with E-state index in [2.05, 4.69) is 0 Å². The molecule has 2 rings (SSSR count). The minimum Gasteiger partial charge on any atom is -0.225 e. The third kappa shape index (κ3) is 2.19. The Balaban J connectivity index is 0.00000128. The second-order valence-electron chi connectivity index (χ2n) is 3.48. The molecular weight excluding hydrogens is 246 g/mol. The summed E-state index contributed by atoms with van der Waals surface area (Å²) in [6.45, 7) is 1.74. The van der Waals surface area contributed by atoms with Gasteiger partial charge in [0.2, 0.25) is 10.0 Å². The van der Waals surface area contributed by atoms with Gasteiger partial charge in [-0.3, -0.25) is 0 Å². The van der Waals surface area contributed by atoms with Gasteiger partial charge in [0, 0.05) is 5.39 Å². The number of fused-ring (bicyclic) bond motifs is 1. The molecule has 2 N–H and O–H groups in total. The van der Waals surface area contributed by atoms with Crippen LogP contribution in [0.3, 0.4) is 0 Å². The summed E-state index contributed by atoms with van der Waals surface area (Å²) in [5, 5.41) is 6.76. The second kappa shape index (κ2) is 4.41. The van der Waals surface area contributed by atoms with Gasteiger partial charge in [-0.2, -0.15) is 0 Å². The zero-order valence-electron chi connectivity index (χ0n) is 8.67. The molecule has 0 aliphatic carbocycles. The topological polar surface area (TPSA) is 60.2 Å². The fraction of sp³-hybridized carbons (Fsp3) is 0.0909. The summed E-state index contributed by atoms with van der Waals surface area (Å²) in [7, 11) is -3.66. The third-order valence-corrected chi connectivity index (χ3v) is 3.47. The summed E-state index contributed by atoms with van der Waals surface area (Å²) in [5.41, 5.74) is 0.677. The fourth-order valence-electron chi connectivity index (χ4n) is 1.73. The first kappa shape index (κ1) is 13.0. The number of sulfonamides is 1. The average Bonchev–Trinajstić information content (AvgIpc) is 2.15. The summed E-state index contributed by atoms with van der Waals surface area (Å²) >= 11 is 0. The van der Waals surface area contributed by atoms with Gasteiger partial charge in [0.25, 0.3) is 0 Å². The number of halogens is 1. The SMILES string of the molecule is Cc1ccc2ccccc2c1S(N)(=O)=O.Cl. The smallest absolute Gasteiger partial charge is 0.225 e. The Kier molecular flexibility index (Phi) is 3.57. The molecule has 0 saturated heterocycles. The van der Waals surface area contributed by atoms with Crippen molar-refractivity contribution in [3.05, 3.63) is 42.0 Å². The minimum atomic E-state index is -3.66. The highest BCUT2D eigenvalue weighted by Crippen LogP contribution is 2.25. The van der Waals surface area contributed by atoms with Crippen molar-refractivity contribution in [3.8, 4) is 0 Å². The maximum Gasteiger partial charge on any atom is 0.238 e. The van der Waals surface area contributed by atoms with Crippen molar-refractivity contribution in [2.75, 3.05) is 0 Å². The van der Waals surface area contributed by atoms with Gasteiger partial charge in [0.05, 0.1) is 4.90 Å². The van der Waals surface area contributed by atoms with E-state index in [4.69, 9.17) is 5.14 Å². The number of aryl methyl sites for hydroxylation is 1. The van der Waals surface area contributed by atoms with Crippen LogP contribution in [0.15, 0.2) is 41.3 Å². The molecule has 0 saturated carbocycles. The largest absolute Gasteiger partial charge is 0.238 e. The van der Waals surface area contributed by atoms with Crippen LogP contribution in [0.4, 0.5) is 0 Å². The zero-order valence-corrected chi connectivity index (χ0v) is 10.3. The lowest BCUT2D eigenvalue weighted by Crippen LogP contribution is -2.14. The lowest BCUT2D eigenvalue weighted by atomic mass is 10.1. The molecule has 16 heavy (non-hydrogen) atoms. The molecule has 0 radical (unpaired) electrons. The maximum atomic E-state index is 11.4. The Bertz CT molecular complexity index is 623. The standard InChI is InChI=1S/C11H11NO2S.ClH/c1-8-6-7-9-4-2-3-5-10(9)11(8)15(12,13)14;/h2-7H,1H3,(H2,12,13,14);1H. The van der Waals surface area contributed by atoms with Gasteiger partial charge < -0.3 is 0 Å². The molecule has 3 nitrogen and oxygen atoms in total. The van der Waals surface area contributed by atoms with Gasteiger partial charge in [-0.1, -0.05) is 36.4 Å². The summed E-state index contributed by atoms with van der Waals surface area (Å²) in [6, 6.07) is 11.0. The van der Waals surface area contributed by atoms with E-state index in [0.29, 0.717) is 10.9 Å². The predicted octanol–water partition coefficient (Wildman–Crippen LogP) is 2.22. The normalized spacial score (nSPS) is 11.1. The van der Waals surface area contributed by atoms with E-state index in [0.717, 1.165) is 5.39 Å². The van der Waals surface area contributed by atoms with Crippen LogP contribution >= 0.6 is 12.4 Å². The quantitative estimate of drug-likeness (QED) is 0.852. The van der Waals surface area contributed by atoms with Crippen molar-refractivity contribution in [2.45, 2.75) is 11.8 Å². The number of hydrogen-bond acceptors (Lipinski definition) is 2. The minimum absolute atomic E-state index is 0. The molecule has 0 heterocycles. The summed E-state index contributed by atoms with van der Waals surface area (Å²) in [4.78, 5) is 0.223. The van der Waals surface area contributed by atoms with E-state index >= 15 is 0 Å². The van der Waals surface area contributed by atoms with Gasteiger partial charge in [0.1, 0.15) is 0 Å². The number of primary sulfonamides is 1. The van der Waals surface area contributed by atoms with Gasteiger partial charge in [-0.15, -0.1) is 12.4 Å². The first-order valence-corrected chi connectivity index (χ1v) is 6.06. The first-order valence-electron chi connectivity index (χ1n) is 4.51. The van der Waals surface area contributed by atoms with Crippen LogP contribution in [-0.2, 0) is 10.0 Å². The van der Waals surface area contributed by atoms with Crippen molar-refractivity contribution in [1.29, 1.82) is 0 Å². The Morgan fingerprint density at radius 3 is 2.31 bits per heavy atom. The van der Waals surface area contributed by atoms with E-state index in [1.54, 1.807) is 25.1 Å². The summed E-state index contributed by atoms with van der Waals surface area (Å²) in [6.07, 6.45) is 0. The van der Waals surface area contributed by atoms with Crippen molar-refractivity contribution in [3.63, 3.8) is 0 Å². The Morgan fingerprint density at radius 2 is 1.69 bits per heavy atom. The van der Waals surface area contributed by atoms with E-state index in [9.17, 15) is 8.42 Å². The molecular formula is C11H12ClNO2S. The molecule has 2 aromatic rings. The van der Waals surface area contributed by atoms with Crippen LogP contribution < -0.4 is 5.14 Å². The first-order chi connectivity index (χ1) is 7.00. The predicted molar refractivity (Wildman–Crippen MR) is 67.3 cm³/mol. The van der Waals surface area contributed by atoms with Crippen molar-refractivity contribution in [2.24, 2.45) is 5.14 Å². The van der Waals surface area contributed by atoms with Crippen molar-refractivity contribution < 1.29 is 8.42 Å². The van der Waals surface area contributed by atoms with E-state index in [-0.39, 0.29) is 17.3 Å². The molecule has 86 valence electrons. The second-order valence-corrected chi connectivity index (χ2v) is 4.98. The Labute approximate surface area is 101 Å². The Hall–Kier alpha value is -1.10. The fourth-order valence-corrected chi connectivity index (χ4v) is 2.74. The van der Waals surface area contributed by atoms with Crippen LogP contribution in [0.2, 0.25) is 0 Å². The highest BCUT2D eigenvalue weighted by molar-refractivity contribution is 7.89. The molecule has 0 amide bonds. The van der Waals surface area contributed by atoms with Crippen LogP contribution in [-0.4, -0.2) is 8.42 Å². The number of rotatable bonds is 1. The van der Waals surface area contributed by atoms with E-state index < -0.39 is 10.0 Å². The monoisotopic (exact) mass is 257 g/mol. The number of benzene rings is 2. The van der Waals surface area contributed by atoms with Gasteiger partial charge >= 0.3 is 0 Å². The Morgan fingerprint density at radius 1 is 1.06 bits per heavy atom. The van der Waals surface area contributed by atoms with Crippen LogP contribution in [0, 0.1) is 6.92 Å². The zero-order chi connectivity index (χ0) is 11.1. The third-order valence-electron chi connectivity index (χ3n) is 2.36. The average molecular weight is 258 g/mol.